The number of nitrogens with two attached hydrogens (primary N) is 4. The topological polar surface area (TPSA) is 256 Å². The summed E-state index contributed by atoms with van der Waals surface area (Å²) in [5, 5.41) is 28.0. The molecule has 2 saturated heterocycles. The number of pyridine rings is 3. The monoisotopic (exact) mass is 893 g/mol. The van der Waals surface area contributed by atoms with Crippen molar-refractivity contribution in [3.05, 3.63) is 74.5 Å². The van der Waals surface area contributed by atoms with Gasteiger partial charge in [0, 0.05) is 89.0 Å². The average molecular weight is 894 g/mol. The predicted octanol–water partition coefficient (Wildman–Crippen LogP) is 5.93. The molecule has 9 N–H and O–H groups in total. The molecular formula is C29H47ClIN11O5V2-2. The number of aliphatic hydroxyl groups is 1. The normalized spacial score (nSPS) is 12.5. The van der Waals surface area contributed by atoms with Gasteiger partial charge in [-0.3, -0.25) is 25.2 Å². The second-order valence-electron chi connectivity index (χ2n) is 9.36. The van der Waals surface area contributed by atoms with Crippen LogP contribution in [0.25, 0.3) is 0 Å². The number of rotatable bonds is 4. The van der Waals surface area contributed by atoms with E-state index in [4.69, 9.17) is 39.6 Å². The molecule has 2 aliphatic heterocycles. The summed E-state index contributed by atoms with van der Waals surface area (Å²) in [4.78, 5) is 39.3. The first kappa shape index (κ1) is 53.0. The molecule has 274 valence electrons. The number of halogens is 2. The Bertz CT molecular complexity index is 1350. The van der Waals surface area contributed by atoms with Crippen molar-refractivity contribution in [2.24, 2.45) is 0 Å². The number of piperidine rings is 2. The Morgan fingerprint density at radius 1 is 0.714 bits per heavy atom. The fraction of sp³-hybridized carbons (Fsp3) is 0.414. The summed E-state index contributed by atoms with van der Waals surface area (Å²) < 4.78 is 0. The van der Waals surface area contributed by atoms with Crippen molar-refractivity contribution >= 4 is 80.0 Å². The minimum atomic E-state index is -0.662. The van der Waals surface area contributed by atoms with Gasteiger partial charge in [0.2, 0.25) is 11.0 Å². The van der Waals surface area contributed by atoms with Crippen LogP contribution in [0.3, 0.4) is 0 Å². The molecule has 0 saturated carbocycles. The molecule has 0 aliphatic carbocycles. The van der Waals surface area contributed by atoms with Crippen LogP contribution in [0.15, 0.2) is 36.8 Å². The van der Waals surface area contributed by atoms with E-state index in [0.29, 0.717) is 17.2 Å². The van der Waals surface area contributed by atoms with Gasteiger partial charge in [0.05, 0.1) is 21.2 Å². The third-order valence-corrected chi connectivity index (χ3v) is 6.80. The van der Waals surface area contributed by atoms with Crippen molar-refractivity contribution < 1.29 is 52.1 Å². The second-order valence-corrected chi connectivity index (χ2v) is 9.72. The van der Waals surface area contributed by atoms with Gasteiger partial charge in [-0.2, -0.15) is 0 Å². The van der Waals surface area contributed by atoms with Crippen LogP contribution < -0.4 is 32.7 Å². The number of hydrogen-bond donors (Lipinski definition) is 5. The molecule has 0 aromatic carbocycles. The average Bonchev–Trinajstić information content (AvgIpc) is 3.05. The van der Waals surface area contributed by atoms with Gasteiger partial charge in [-0.05, 0) is 56.7 Å². The maximum absolute atomic E-state index is 10.9. The Labute approximate surface area is 331 Å². The number of aromatic nitrogens is 3. The number of nitrogens with zero attached hydrogens (tertiary/aromatic N) is 7. The zero-order valence-corrected chi connectivity index (χ0v) is 32.6. The molecule has 2 aliphatic rings. The van der Waals surface area contributed by atoms with E-state index in [-0.39, 0.29) is 79.9 Å². The number of nitrogen functional groups attached to an aromatic ring is 4. The first-order valence-corrected chi connectivity index (χ1v) is 15.7. The summed E-state index contributed by atoms with van der Waals surface area (Å²) in [5.74, 6) is 1.26. The van der Waals surface area contributed by atoms with E-state index in [0.717, 1.165) is 51.9 Å². The largest absolute Gasteiger partial charge is 0.400 e. The molecule has 0 spiro atoms. The minimum absolute atomic E-state index is 0. The SMILES string of the molecule is C.CO.Nc1ccnc(Cl)c1[N+](=O)[O-].Nc1ccnc(N2CCCCC2)c1N.Nc1ccnc(N2CCCCC2)c1[N+](=O)[O-].[CH2-]I.[CH3-].[V].[V]. The first-order valence-electron chi connectivity index (χ1n) is 13.8. The quantitative estimate of drug-likeness (QED) is 0.0670. The van der Waals surface area contributed by atoms with Gasteiger partial charge in [0.15, 0.2) is 5.82 Å². The molecule has 49 heavy (non-hydrogen) atoms. The van der Waals surface area contributed by atoms with Crippen LogP contribution >= 0.6 is 34.2 Å². The fourth-order valence-corrected chi connectivity index (χ4v) is 4.67. The van der Waals surface area contributed by atoms with E-state index in [1.165, 1.54) is 50.2 Å². The molecule has 5 rings (SSSR count). The van der Waals surface area contributed by atoms with Gasteiger partial charge >= 0.3 is 11.4 Å². The van der Waals surface area contributed by atoms with Crippen molar-refractivity contribution in [2.75, 3.05) is 66.0 Å². The number of nitro groups is 2. The third kappa shape index (κ3) is 16.6. The Morgan fingerprint density at radius 2 is 1.06 bits per heavy atom. The molecule has 5 heterocycles. The van der Waals surface area contributed by atoms with Gasteiger partial charge in [0.1, 0.15) is 11.4 Å². The van der Waals surface area contributed by atoms with E-state index >= 15 is 0 Å². The van der Waals surface area contributed by atoms with Gasteiger partial charge in [0.25, 0.3) is 0 Å². The van der Waals surface area contributed by atoms with Crippen molar-refractivity contribution in [1.29, 1.82) is 0 Å². The summed E-state index contributed by atoms with van der Waals surface area (Å²) in [6.45, 7) is 3.72. The number of hydrogen-bond acceptors (Lipinski definition) is 14. The summed E-state index contributed by atoms with van der Waals surface area (Å²) in [7, 11) is 1.00. The van der Waals surface area contributed by atoms with Crippen LogP contribution in [0.4, 0.5) is 45.8 Å². The molecular weight excluding hydrogens is 847 g/mol. The smallest absolute Gasteiger partial charge is 0.334 e. The van der Waals surface area contributed by atoms with Gasteiger partial charge in [-0.1, -0.05) is 19.0 Å². The zero-order valence-electron chi connectivity index (χ0n) is 26.9. The zero-order chi connectivity index (χ0) is 33.9. The molecule has 20 heteroatoms. The Hall–Kier alpha value is -2.80. The predicted molar refractivity (Wildman–Crippen MR) is 201 cm³/mol. The van der Waals surface area contributed by atoms with E-state index in [1.807, 2.05) is 27.5 Å². The van der Waals surface area contributed by atoms with Gasteiger partial charge < -0.3 is 67.9 Å². The van der Waals surface area contributed by atoms with Crippen molar-refractivity contribution in [1.82, 2.24) is 15.0 Å². The van der Waals surface area contributed by atoms with E-state index in [2.05, 4.69) is 24.8 Å². The summed E-state index contributed by atoms with van der Waals surface area (Å²) in [6.07, 6.45) is 11.6. The van der Waals surface area contributed by atoms with Crippen LogP contribution in [0.5, 0.6) is 0 Å². The maximum atomic E-state index is 10.9. The minimum Gasteiger partial charge on any atom is -0.400 e. The van der Waals surface area contributed by atoms with Crippen LogP contribution in [0, 0.1) is 32.6 Å². The standard InChI is InChI=1S/C10H14N4O2.C10H16N4.C5H4ClN3O2.CH2I.CH4O.CH4.CH3.2V/c11-8-4-5-12-10(9(8)14(15)16)13-6-2-1-3-7-13;11-8-4-5-13-10(9(8)12)14-6-2-1-3-7-14;6-5-4(9(10)11)3(7)1-2-8-5;2*1-2;;;;/h4-5H,1-3,6-7H2,(H2,11,12);4-5H,1-3,6-7,12H2,(H2,11,13);1-2H,(H2,7,8);1H2;2H,1H3;1H4;1H3;;/q;;;-1;;;-1;;. The molecule has 0 atom stereocenters. The van der Waals surface area contributed by atoms with Gasteiger partial charge in [-0.15, -0.1) is 0 Å². The fourth-order valence-electron chi connectivity index (χ4n) is 4.44. The second kappa shape index (κ2) is 29.0. The molecule has 2 radical (unpaired) electrons. The molecule has 3 aromatic heterocycles. The van der Waals surface area contributed by atoms with E-state index in [9.17, 15) is 20.2 Å². The van der Waals surface area contributed by atoms with E-state index < -0.39 is 9.85 Å². The van der Waals surface area contributed by atoms with Crippen molar-refractivity contribution in [3.63, 3.8) is 0 Å². The Morgan fingerprint density at radius 3 is 1.45 bits per heavy atom. The molecule has 0 amide bonds. The van der Waals surface area contributed by atoms with Gasteiger partial charge in [-0.25, -0.2) is 15.0 Å². The van der Waals surface area contributed by atoms with Crippen LogP contribution in [0.2, 0.25) is 5.15 Å². The summed E-state index contributed by atoms with van der Waals surface area (Å²) in [5.41, 5.74) is 23.5. The molecule has 0 unspecified atom stereocenters. The number of aliphatic hydroxyl groups excluding tert-OH is 1. The van der Waals surface area contributed by atoms with Crippen molar-refractivity contribution in [3.8, 4) is 0 Å². The van der Waals surface area contributed by atoms with Crippen molar-refractivity contribution in [2.45, 2.75) is 46.0 Å². The van der Waals surface area contributed by atoms with E-state index in [1.54, 1.807) is 12.3 Å². The molecule has 3 aromatic rings. The maximum Gasteiger partial charge on any atom is 0.334 e. The van der Waals surface area contributed by atoms with Crippen LogP contribution in [0.1, 0.15) is 46.0 Å². The molecule has 2 fully saturated rings. The summed E-state index contributed by atoms with van der Waals surface area (Å²) in [6, 6.07) is 4.53. The third-order valence-electron chi connectivity index (χ3n) is 6.53. The molecule has 0 bridgehead atoms. The molecule has 16 nitrogen and oxygen atoms in total. The summed E-state index contributed by atoms with van der Waals surface area (Å²) >= 11 is 7.29. The Kier molecular flexibility index (Phi) is 31.3. The number of anilines is 6. The Balaban J connectivity index is -0.000000287. The first-order chi connectivity index (χ1) is 21.6. The van der Waals surface area contributed by atoms with Crippen LogP contribution in [-0.4, -0.2) is 63.2 Å². The van der Waals surface area contributed by atoms with Crippen LogP contribution in [-0.2, 0) is 37.1 Å².